The third-order valence-corrected chi connectivity index (χ3v) is 7.55. The van der Waals surface area contributed by atoms with E-state index in [0.717, 1.165) is 60.8 Å². The Balaban J connectivity index is 1.47. The van der Waals surface area contributed by atoms with E-state index in [1.807, 2.05) is 24.3 Å². The van der Waals surface area contributed by atoms with Crippen LogP contribution in [0.4, 0.5) is 11.8 Å². The molecular weight excluding hydrogens is 456 g/mol. The molecule has 188 valence electrons. The fraction of sp³-hybridized carbons (Fsp3) is 0.481. The van der Waals surface area contributed by atoms with Gasteiger partial charge >= 0.3 is 0 Å². The highest BCUT2D eigenvalue weighted by atomic mass is 16.5. The fourth-order valence-corrected chi connectivity index (χ4v) is 5.67. The van der Waals surface area contributed by atoms with E-state index >= 15 is 0 Å². The number of carbonyl (C=O) groups is 1. The Morgan fingerprint density at radius 3 is 2.81 bits per heavy atom. The zero-order valence-corrected chi connectivity index (χ0v) is 20.8. The second-order valence-corrected chi connectivity index (χ2v) is 9.79. The summed E-state index contributed by atoms with van der Waals surface area (Å²) in [5.74, 6) is 1.51. The van der Waals surface area contributed by atoms with Gasteiger partial charge in [-0.2, -0.15) is 9.97 Å². The summed E-state index contributed by atoms with van der Waals surface area (Å²) in [7, 11) is 1.64. The Morgan fingerprint density at radius 1 is 1.06 bits per heavy atom. The number of hydrogen-bond donors (Lipinski definition) is 1. The van der Waals surface area contributed by atoms with Crippen LogP contribution in [0.1, 0.15) is 36.5 Å². The predicted octanol–water partition coefficient (Wildman–Crippen LogP) is 3.03. The van der Waals surface area contributed by atoms with Gasteiger partial charge in [0, 0.05) is 31.3 Å². The second kappa shape index (κ2) is 9.63. The molecule has 3 aliphatic rings. The van der Waals surface area contributed by atoms with E-state index in [-0.39, 0.29) is 18.1 Å². The molecule has 6 rings (SSSR count). The summed E-state index contributed by atoms with van der Waals surface area (Å²) in [6.07, 6.45) is 3.59. The highest BCUT2D eigenvalue weighted by Gasteiger charge is 2.38. The molecule has 0 unspecified atom stereocenters. The number of ether oxygens (including phenoxy) is 2. The number of anilines is 2. The van der Waals surface area contributed by atoms with Crippen molar-refractivity contribution in [2.24, 2.45) is 0 Å². The summed E-state index contributed by atoms with van der Waals surface area (Å²) in [5.41, 5.74) is 2.92. The fourth-order valence-electron chi connectivity index (χ4n) is 5.67. The van der Waals surface area contributed by atoms with Crippen LogP contribution in [0.25, 0.3) is 22.3 Å². The van der Waals surface area contributed by atoms with Crippen molar-refractivity contribution in [1.82, 2.24) is 20.3 Å². The molecule has 1 saturated carbocycles. The van der Waals surface area contributed by atoms with Gasteiger partial charge in [0.1, 0.15) is 5.82 Å². The van der Waals surface area contributed by atoms with E-state index in [1.165, 1.54) is 0 Å². The molecule has 1 aromatic carbocycles. The summed E-state index contributed by atoms with van der Waals surface area (Å²) >= 11 is 0. The first-order valence-electron chi connectivity index (χ1n) is 12.9. The van der Waals surface area contributed by atoms with E-state index in [2.05, 4.69) is 28.1 Å². The van der Waals surface area contributed by atoms with Gasteiger partial charge in [-0.05, 0) is 50.5 Å². The van der Waals surface area contributed by atoms with Gasteiger partial charge in [0.05, 0.1) is 49.1 Å². The summed E-state index contributed by atoms with van der Waals surface area (Å²) in [4.78, 5) is 32.0. The number of carbonyl (C=O) groups excluding carboxylic acids is 1. The molecule has 36 heavy (non-hydrogen) atoms. The van der Waals surface area contributed by atoms with Gasteiger partial charge in [-0.15, -0.1) is 0 Å². The van der Waals surface area contributed by atoms with Crippen LogP contribution >= 0.6 is 0 Å². The van der Waals surface area contributed by atoms with Gasteiger partial charge < -0.3 is 24.6 Å². The van der Waals surface area contributed by atoms with Gasteiger partial charge in [0.2, 0.25) is 5.95 Å². The van der Waals surface area contributed by atoms with Gasteiger partial charge in [-0.25, -0.2) is 4.98 Å². The summed E-state index contributed by atoms with van der Waals surface area (Å²) in [6, 6.07) is 12.1. The number of nitrogens with zero attached hydrogens (tertiary/aromatic N) is 5. The topological polar surface area (TPSA) is 92.7 Å². The highest BCUT2D eigenvalue weighted by Crippen LogP contribution is 2.35. The lowest BCUT2D eigenvalue weighted by Crippen LogP contribution is -2.49. The number of benzene rings is 1. The predicted molar refractivity (Wildman–Crippen MR) is 139 cm³/mol. The Hall–Kier alpha value is -3.30. The van der Waals surface area contributed by atoms with Crippen molar-refractivity contribution >= 4 is 28.7 Å². The van der Waals surface area contributed by atoms with Crippen LogP contribution in [0.15, 0.2) is 36.4 Å². The number of aromatic nitrogens is 3. The number of amides is 1. The number of rotatable bonds is 4. The van der Waals surface area contributed by atoms with Crippen molar-refractivity contribution in [2.45, 2.75) is 44.4 Å². The standard InChI is InChI=1S/C27H32N6O3/c1-17-16-35-13-11-32(17)25-20-9-10-21(18-5-3-6-19(15-18)26(34)28-2)29-24(20)30-27(31-25)33-12-14-36-23-8-4-7-22(23)33/h3,5-6,9-10,15,17,22-23H,4,7-8,11-14,16H2,1-2H3,(H,28,34)/t17-,22-,23-/m0/s1. The normalized spacial score (nSPS) is 24.1. The van der Waals surface area contributed by atoms with E-state index in [1.54, 1.807) is 13.1 Å². The van der Waals surface area contributed by atoms with Gasteiger partial charge in [-0.3, -0.25) is 4.79 Å². The second-order valence-electron chi connectivity index (χ2n) is 9.79. The SMILES string of the molecule is CNC(=O)c1cccc(-c2ccc3c(N4CCOC[C@@H]4C)nc(N4CCO[C@H]5CCC[C@@H]54)nc3n2)c1. The minimum atomic E-state index is -0.121. The maximum Gasteiger partial charge on any atom is 0.251 e. The van der Waals surface area contributed by atoms with E-state index in [4.69, 9.17) is 24.4 Å². The molecule has 0 spiro atoms. The van der Waals surface area contributed by atoms with Crippen molar-refractivity contribution < 1.29 is 14.3 Å². The lowest BCUT2D eigenvalue weighted by atomic mass is 10.1. The summed E-state index contributed by atoms with van der Waals surface area (Å²) < 4.78 is 11.8. The van der Waals surface area contributed by atoms with E-state index in [9.17, 15) is 4.79 Å². The molecule has 2 aliphatic heterocycles. The molecule has 2 saturated heterocycles. The monoisotopic (exact) mass is 488 g/mol. The molecule has 4 heterocycles. The minimum Gasteiger partial charge on any atom is -0.377 e. The third-order valence-electron chi connectivity index (χ3n) is 7.55. The number of nitrogens with one attached hydrogen (secondary N) is 1. The number of pyridine rings is 1. The van der Waals surface area contributed by atoms with Crippen molar-refractivity contribution in [3.8, 4) is 11.3 Å². The third kappa shape index (κ3) is 4.16. The minimum absolute atomic E-state index is 0.121. The molecule has 0 bridgehead atoms. The molecule has 9 nitrogen and oxygen atoms in total. The lowest BCUT2D eigenvalue weighted by Gasteiger charge is -2.39. The van der Waals surface area contributed by atoms with Crippen LogP contribution in [-0.4, -0.2) is 79.0 Å². The number of hydrogen-bond acceptors (Lipinski definition) is 8. The maximum absolute atomic E-state index is 12.2. The quantitative estimate of drug-likeness (QED) is 0.599. The van der Waals surface area contributed by atoms with Gasteiger partial charge in [-0.1, -0.05) is 12.1 Å². The summed E-state index contributed by atoms with van der Waals surface area (Å²) in [5, 5.41) is 3.61. The molecule has 3 fully saturated rings. The van der Waals surface area contributed by atoms with Crippen molar-refractivity contribution in [2.75, 3.05) is 49.8 Å². The average molecular weight is 489 g/mol. The lowest BCUT2D eigenvalue weighted by molar-refractivity contribution is 0.0250. The average Bonchev–Trinajstić information content (AvgIpc) is 3.41. The Morgan fingerprint density at radius 2 is 1.94 bits per heavy atom. The van der Waals surface area contributed by atoms with Crippen LogP contribution in [0.3, 0.4) is 0 Å². The smallest absolute Gasteiger partial charge is 0.251 e. The zero-order chi connectivity index (χ0) is 24.6. The van der Waals surface area contributed by atoms with Crippen LogP contribution in [0, 0.1) is 0 Å². The molecule has 1 N–H and O–H groups in total. The van der Waals surface area contributed by atoms with Crippen molar-refractivity contribution in [3.05, 3.63) is 42.0 Å². The molecule has 1 aliphatic carbocycles. The number of fused-ring (bicyclic) bond motifs is 2. The van der Waals surface area contributed by atoms with Crippen molar-refractivity contribution in [3.63, 3.8) is 0 Å². The molecular formula is C27H32N6O3. The molecule has 9 heteroatoms. The first-order chi connectivity index (χ1) is 17.6. The van der Waals surface area contributed by atoms with Crippen LogP contribution in [-0.2, 0) is 9.47 Å². The molecule has 3 atom stereocenters. The molecule has 3 aromatic rings. The van der Waals surface area contributed by atoms with Crippen LogP contribution in [0.2, 0.25) is 0 Å². The first-order valence-corrected chi connectivity index (χ1v) is 12.9. The molecule has 0 radical (unpaired) electrons. The Labute approximate surface area is 210 Å². The Bertz CT molecular complexity index is 1280. The largest absolute Gasteiger partial charge is 0.377 e. The van der Waals surface area contributed by atoms with Crippen LogP contribution < -0.4 is 15.1 Å². The highest BCUT2D eigenvalue weighted by molar-refractivity contribution is 5.95. The van der Waals surface area contributed by atoms with Gasteiger partial charge in [0.25, 0.3) is 5.91 Å². The van der Waals surface area contributed by atoms with E-state index in [0.29, 0.717) is 37.1 Å². The molecule has 1 amide bonds. The first kappa shape index (κ1) is 23.1. The molecule has 2 aromatic heterocycles. The number of morpholine rings is 2. The summed E-state index contributed by atoms with van der Waals surface area (Å²) in [6.45, 7) is 5.74. The van der Waals surface area contributed by atoms with E-state index < -0.39 is 0 Å². The van der Waals surface area contributed by atoms with Crippen LogP contribution in [0.5, 0.6) is 0 Å². The zero-order valence-electron chi connectivity index (χ0n) is 20.8. The maximum atomic E-state index is 12.2. The van der Waals surface area contributed by atoms with Gasteiger partial charge in [0.15, 0.2) is 5.65 Å². The Kier molecular flexibility index (Phi) is 6.18. The van der Waals surface area contributed by atoms with Crippen molar-refractivity contribution in [1.29, 1.82) is 0 Å².